The van der Waals surface area contributed by atoms with Crippen LogP contribution in [0.25, 0.3) is 0 Å². The minimum Gasteiger partial charge on any atom is -0.497 e. The summed E-state index contributed by atoms with van der Waals surface area (Å²) in [6, 6.07) is 20.8. The van der Waals surface area contributed by atoms with E-state index >= 15 is 0 Å². The molecule has 3 heterocycles. The summed E-state index contributed by atoms with van der Waals surface area (Å²) < 4.78 is 11.2. The zero-order valence-electron chi connectivity index (χ0n) is 21.2. The maximum atomic E-state index is 13.7. The predicted molar refractivity (Wildman–Crippen MR) is 143 cm³/mol. The van der Waals surface area contributed by atoms with Crippen LogP contribution in [0.2, 0.25) is 0 Å². The first kappa shape index (κ1) is 23.6. The van der Waals surface area contributed by atoms with E-state index in [0.717, 1.165) is 60.9 Å². The quantitative estimate of drug-likeness (QED) is 0.565. The van der Waals surface area contributed by atoms with Crippen molar-refractivity contribution in [2.75, 3.05) is 39.9 Å². The van der Waals surface area contributed by atoms with E-state index in [0.29, 0.717) is 31.7 Å². The molecule has 0 saturated carbocycles. The molecule has 0 atom stereocenters. The average molecular weight is 497 g/mol. The summed E-state index contributed by atoms with van der Waals surface area (Å²) in [6.45, 7) is 5.35. The number of fused-ring (bicyclic) bond motifs is 2. The highest BCUT2D eigenvalue weighted by Crippen LogP contribution is 2.33. The van der Waals surface area contributed by atoms with Gasteiger partial charge in [-0.15, -0.1) is 0 Å². The standard InChI is InChI=1S/C30H32N4O3/c1-36-25-8-6-21(7-9-25)20-33-11-13-34(14-12-33)30(35)27-17-22(16-23-10-15-37-29(23)27)18-28-26-5-3-2-4-24(26)19-31-32-28/h2-9,16-17,31H,10-15,18-20H2,1H3. The number of nitrogens with one attached hydrogen (secondary N) is 1. The van der Waals surface area contributed by atoms with Crippen molar-refractivity contribution >= 4 is 11.6 Å². The Kier molecular flexibility index (Phi) is 6.53. The van der Waals surface area contributed by atoms with E-state index in [9.17, 15) is 4.79 Å². The molecule has 3 aliphatic heterocycles. The summed E-state index contributed by atoms with van der Waals surface area (Å²) in [4.78, 5) is 18.1. The number of piperazine rings is 1. The lowest BCUT2D eigenvalue weighted by Gasteiger charge is -2.35. The molecule has 3 aromatic rings. The molecule has 1 N–H and O–H groups in total. The molecule has 190 valence electrons. The maximum Gasteiger partial charge on any atom is 0.257 e. The van der Waals surface area contributed by atoms with Gasteiger partial charge in [-0.2, -0.15) is 5.10 Å². The first-order chi connectivity index (χ1) is 18.2. The van der Waals surface area contributed by atoms with Crippen molar-refractivity contribution < 1.29 is 14.3 Å². The van der Waals surface area contributed by atoms with Crippen molar-refractivity contribution in [3.63, 3.8) is 0 Å². The van der Waals surface area contributed by atoms with Crippen LogP contribution >= 0.6 is 0 Å². The van der Waals surface area contributed by atoms with Gasteiger partial charge in [-0.3, -0.25) is 9.69 Å². The lowest BCUT2D eigenvalue weighted by molar-refractivity contribution is 0.0625. The number of hydrogen-bond donors (Lipinski definition) is 1. The summed E-state index contributed by atoms with van der Waals surface area (Å²) in [5, 5.41) is 4.60. The number of ether oxygens (including phenoxy) is 2. The fourth-order valence-corrected chi connectivity index (χ4v) is 5.47. The van der Waals surface area contributed by atoms with Crippen LogP contribution in [0.5, 0.6) is 11.5 Å². The lowest BCUT2D eigenvalue weighted by Crippen LogP contribution is -2.48. The monoisotopic (exact) mass is 496 g/mol. The minimum absolute atomic E-state index is 0.0632. The number of nitrogens with zero attached hydrogens (tertiary/aromatic N) is 3. The van der Waals surface area contributed by atoms with Crippen molar-refractivity contribution in [3.05, 3.63) is 94.0 Å². The molecule has 1 amide bonds. The summed E-state index contributed by atoms with van der Waals surface area (Å²) in [7, 11) is 1.68. The van der Waals surface area contributed by atoms with E-state index in [4.69, 9.17) is 9.47 Å². The fourth-order valence-electron chi connectivity index (χ4n) is 5.47. The molecule has 3 aliphatic rings. The Bertz CT molecular complexity index is 1330. The number of amides is 1. The van der Waals surface area contributed by atoms with Gasteiger partial charge in [0.05, 0.1) is 31.5 Å². The van der Waals surface area contributed by atoms with Gasteiger partial charge in [-0.1, -0.05) is 42.5 Å². The summed E-state index contributed by atoms with van der Waals surface area (Å²) in [6.07, 6.45) is 1.51. The van der Waals surface area contributed by atoms with E-state index < -0.39 is 0 Å². The van der Waals surface area contributed by atoms with E-state index in [-0.39, 0.29) is 5.91 Å². The molecule has 3 aromatic carbocycles. The molecule has 37 heavy (non-hydrogen) atoms. The van der Waals surface area contributed by atoms with Crippen LogP contribution < -0.4 is 14.9 Å². The van der Waals surface area contributed by atoms with E-state index in [1.54, 1.807) is 7.11 Å². The first-order valence-corrected chi connectivity index (χ1v) is 13.0. The zero-order valence-corrected chi connectivity index (χ0v) is 21.2. The second kappa shape index (κ2) is 10.3. The largest absolute Gasteiger partial charge is 0.497 e. The normalized spacial score (nSPS) is 16.8. The molecule has 0 unspecified atom stereocenters. The summed E-state index contributed by atoms with van der Waals surface area (Å²) in [5.74, 6) is 1.69. The third-order valence-corrected chi connectivity index (χ3v) is 7.48. The van der Waals surface area contributed by atoms with Gasteiger partial charge in [0.25, 0.3) is 5.91 Å². The molecule has 0 bridgehead atoms. The van der Waals surface area contributed by atoms with Gasteiger partial charge in [0.1, 0.15) is 11.5 Å². The van der Waals surface area contributed by atoms with Gasteiger partial charge in [0.2, 0.25) is 0 Å². The second-order valence-electron chi connectivity index (χ2n) is 9.87. The molecular weight excluding hydrogens is 464 g/mol. The van der Waals surface area contributed by atoms with Gasteiger partial charge in [-0.25, -0.2) is 0 Å². The molecular formula is C30H32N4O3. The maximum absolute atomic E-state index is 13.7. The Labute approximate surface area is 217 Å². The highest BCUT2D eigenvalue weighted by Gasteiger charge is 2.28. The Morgan fingerprint density at radius 1 is 1.00 bits per heavy atom. The van der Waals surface area contributed by atoms with Crippen molar-refractivity contribution in [2.45, 2.75) is 25.9 Å². The van der Waals surface area contributed by atoms with Crippen LogP contribution in [0, 0.1) is 0 Å². The molecule has 7 heteroatoms. The smallest absolute Gasteiger partial charge is 0.257 e. The SMILES string of the molecule is COc1ccc(CN2CCN(C(=O)c3cc(CC4=NNCc5ccccc54)cc4c3OCC4)CC2)cc1. The molecule has 0 spiro atoms. The molecule has 0 aliphatic carbocycles. The Morgan fingerprint density at radius 3 is 2.62 bits per heavy atom. The number of carbonyl (C=O) groups is 1. The summed E-state index contributed by atoms with van der Waals surface area (Å²) in [5.41, 5.74) is 10.8. The molecule has 0 radical (unpaired) electrons. The van der Waals surface area contributed by atoms with Gasteiger partial charge < -0.3 is 19.8 Å². The molecule has 1 fully saturated rings. The predicted octanol–water partition coefficient (Wildman–Crippen LogP) is 3.64. The third kappa shape index (κ3) is 4.91. The second-order valence-corrected chi connectivity index (χ2v) is 9.87. The van der Waals surface area contributed by atoms with Crippen molar-refractivity contribution in [3.8, 4) is 11.5 Å². The number of rotatable bonds is 6. The van der Waals surface area contributed by atoms with Crippen molar-refractivity contribution in [2.24, 2.45) is 5.10 Å². The molecule has 0 aromatic heterocycles. The topological polar surface area (TPSA) is 66.4 Å². The van der Waals surface area contributed by atoms with Crippen LogP contribution in [0.3, 0.4) is 0 Å². The van der Waals surface area contributed by atoms with Crippen LogP contribution in [0.1, 0.15) is 38.2 Å². The molecule has 1 saturated heterocycles. The zero-order chi connectivity index (χ0) is 25.2. The molecule has 6 rings (SSSR count). The number of hydrogen-bond acceptors (Lipinski definition) is 6. The Morgan fingerprint density at radius 2 is 1.81 bits per heavy atom. The minimum atomic E-state index is 0.0632. The molecule has 7 nitrogen and oxygen atoms in total. The number of carbonyl (C=O) groups excluding carboxylic acids is 1. The van der Waals surface area contributed by atoms with E-state index in [2.05, 4.69) is 57.9 Å². The van der Waals surface area contributed by atoms with Crippen LogP contribution in [-0.2, 0) is 25.9 Å². The number of benzene rings is 3. The van der Waals surface area contributed by atoms with Gasteiger partial charge in [-0.05, 0) is 40.5 Å². The lowest BCUT2D eigenvalue weighted by atomic mass is 9.94. The highest BCUT2D eigenvalue weighted by atomic mass is 16.5. The third-order valence-electron chi connectivity index (χ3n) is 7.48. The van der Waals surface area contributed by atoms with Crippen molar-refractivity contribution in [1.29, 1.82) is 0 Å². The Hall–Kier alpha value is -3.84. The first-order valence-electron chi connectivity index (χ1n) is 13.0. The van der Waals surface area contributed by atoms with Gasteiger partial charge in [0, 0.05) is 51.1 Å². The summed E-state index contributed by atoms with van der Waals surface area (Å²) >= 11 is 0. The van der Waals surface area contributed by atoms with Crippen molar-refractivity contribution in [1.82, 2.24) is 15.2 Å². The van der Waals surface area contributed by atoms with Crippen LogP contribution in [0.4, 0.5) is 0 Å². The number of methoxy groups -OCH3 is 1. The number of hydrazone groups is 1. The van der Waals surface area contributed by atoms with Gasteiger partial charge in [0.15, 0.2) is 0 Å². The Balaban J connectivity index is 1.16. The highest BCUT2D eigenvalue weighted by molar-refractivity contribution is 6.04. The van der Waals surface area contributed by atoms with Crippen LogP contribution in [0.15, 0.2) is 65.8 Å². The fraction of sp³-hybridized carbons (Fsp3) is 0.333. The van der Waals surface area contributed by atoms with Gasteiger partial charge >= 0.3 is 0 Å². The van der Waals surface area contributed by atoms with E-state index in [1.165, 1.54) is 16.7 Å². The average Bonchev–Trinajstić information content (AvgIpc) is 3.42. The van der Waals surface area contributed by atoms with Crippen LogP contribution in [-0.4, -0.2) is 61.3 Å². The van der Waals surface area contributed by atoms with E-state index in [1.807, 2.05) is 23.1 Å².